The molecule has 5 N–H and O–H groups in total. The van der Waals surface area contributed by atoms with Gasteiger partial charge in [-0.3, -0.25) is 0 Å². The highest BCUT2D eigenvalue weighted by Crippen LogP contribution is 2.19. The van der Waals surface area contributed by atoms with Gasteiger partial charge in [-0.1, -0.05) is 12.1 Å². The second-order valence-electron chi connectivity index (χ2n) is 6.41. The van der Waals surface area contributed by atoms with Crippen molar-refractivity contribution >= 4 is 12.0 Å². The third-order valence-electron chi connectivity index (χ3n) is 4.59. The topological polar surface area (TPSA) is 124 Å². The van der Waals surface area contributed by atoms with E-state index >= 15 is 0 Å². The standard InChI is InChI=1S/C18H25N5O4/c1-26-13-4-2-12(3-5-13)10-14-16(15(24)11-22-14)27-18(25)21-7-9-23-8-6-20-17(23)19/h2-6,8,14-16,22,24H,7,9-11H2,1H3,(H2,19,20)(H,21,25)/t14-,15?,16+/m1/s1. The molecule has 3 atom stereocenters. The summed E-state index contributed by atoms with van der Waals surface area (Å²) < 4.78 is 12.3. The molecule has 1 fully saturated rings. The molecule has 2 aromatic rings. The number of amides is 1. The molecule has 1 aromatic carbocycles. The molecule has 1 amide bonds. The minimum Gasteiger partial charge on any atom is -0.497 e. The summed E-state index contributed by atoms with van der Waals surface area (Å²) in [5.41, 5.74) is 6.74. The molecule has 3 rings (SSSR count). The van der Waals surface area contributed by atoms with E-state index in [0.29, 0.717) is 32.0 Å². The van der Waals surface area contributed by atoms with Crippen LogP contribution < -0.4 is 21.1 Å². The van der Waals surface area contributed by atoms with Gasteiger partial charge < -0.3 is 35.5 Å². The Morgan fingerprint density at radius 1 is 1.44 bits per heavy atom. The molecule has 0 spiro atoms. The number of carbonyl (C=O) groups is 1. The van der Waals surface area contributed by atoms with Crippen molar-refractivity contribution in [2.24, 2.45) is 0 Å². The van der Waals surface area contributed by atoms with Crippen molar-refractivity contribution in [3.8, 4) is 5.75 Å². The van der Waals surface area contributed by atoms with E-state index in [4.69, 9.17) is 15.2 Å². The number of methoxy groups -OCH3 is 1. The number of aliphatic hydroxyl groups excluding tert-OH is 1. The number of rotatable bonds is 7. The number of anilines is 1. The highest BCUT2D eigenvalue weighted by atomic mass is 16.6. The molecule has 2 heterocycles. The van der Waals surface area contributed by atoms with E-state index < -0.39 is 18.3 Å². The second kappa shape index (κ2) is 8.74. The molecule has 1 aromatic heterocycles. The first-order valence-electron chi connectivity index (χ1n) is 8.82. The number of benzene rings is 1. The predicted molar refractivity (Wildman–Crippen MR) is 99.4 cm³/mol. The van der Waals surface area contributed by atoms with Gasteiger partial charge in [0.05, 0.1) is 13.2 Å². The molecular formula is C18H25N5O4. The Morgan fingerprint density at radius 2 is 2.22 bits per heavy atom. The van der Waals surface area contributed by atoms with Gasteiger partial charge in [0.2, 0.25) is 0 Å². The van der Waals surface area contributed by atoms with Crippen LogP contribution in [0, 0.1) is 0 Å². The third kappa shape index (κ3) is 4.89. The number of hydrogen-bond donors (Lipinski definition) is 4. The number of carbonyl (C=O) groups excluding carboxylic acids is 1. The lowest BCUT2D eigenvalue weighted by atomic mass is 10.0. The maximum atomic E-state index is 12.1. The van der Waals surface area contributed by atoms with Gasteiger partial charge in [-0.15, -0.1) is 0 Å². The fourth-order valence-electron chi connectivity index (χ4n) is 3.11. The Balaban J connectivity index is 1.50. The Bertz CT molecular complexity index is 748. The molecule has 9 nitrogen and oxygen atoms in total. The first-order chi connectivity index (χ1) is 13.1. The van der Waals surface area contributed by atoms with Crippen LogP contribution >= 0.6 is 0 Å². The number of β-amino-alcohol motifs (C(OH)–C–C–N with tert-alkyl or cyclic N) is 1. The Hall–Kier alpha value is -2.78. The van der Waals surface area contributed by atoms with Crippen LogP contribution in [0.15, 0.2) is 36.7 Å². The zero-order valence-corrected chi connectivity index (χ0v) is 15.2. The molecule has 1 aliphatic heterocycles. The lowest BCUT2D eigenvalue weighted by Crippen LogP contribution is -2.42. The number of hydrogen-bond acceptors (Lipinski definition) is 7. The number of imidazole rings is 1. The quantitative estimate of drug-likeness (QED) is 0.543. The Morgan fingerprint density at radius 3 is 2.89 bits per heavy atom. The van der Waals surface area contributed by atoms with Gasteiger partial charge in [0.25, 0.3) is 0 Å². The van der Waals surface area contributed by atoms with E-state index in [0.717, 1.165) is 11.3 Å². The maximum Gasteiger partial charge on any atom is 0.407 e. The van der Waals surface area contributed by atoms with E-state index in [2.05, 4.69) is 15.6 Å². The van der Waals surface area contributed by atoms with E-state index in [9.17, 15) is 9.90 Å². The van der Waals surface area contributed by atoms with E-state index in [-0.39, 0.29) is 6.04 Å². The van der Waals surface area contributed by atoms with Gasteiger partial charge in [0, 0.05) is 32.0 Å². The van der Waals surface area contributed by atoms with E-state index in [1.807, 2.05) is 24.3 Å². The van der Waals surface area contributed by atoms with Crippen molar-refractivity contribution in [1.82, 2.24) is 20.2 Å². The fraction of sp³-hybridized carbons (Fsp3) is 0.444. The summed E-state index contributed by atoms with van der Waals surface area (Å²) in [7, 11) is 1.62. The van der Waals surface area contributed by atoms with Crippen LogP contribution in [0.2, 0.25) is 0 Å². The highest BCUT2D eigenvalue weighted by molar-refractivity contribution is 5.67. The molecule has 1 saturated heterocycles. The number of nitrogens with one attached hydrogen (secondary N) is 2. The largest absolute Gasteiger partial charge is 0.497 e. The minimum absolute atomic E-state index is 0.163. The van der Waals surface area contributed by atoms with Gasteiger partial charge in [-0.05, 0) is 24.1 Å². The van der Waals surface area contributed by atoms with Gasteiger partial charge in [-0.2, -0.15) is 0 Å². The van der Waals surface area contributed by atoms with Crippen LogP contribution in [0.4, 0.5) is 10.7 Å². The summed E-state index contributed by atoms with van der Waals surface area (Å²) in [4.78, 5) is 16.0. The SMILES string of the molecule is COc1ccc(C[C@H]2NCC(O)[C@H]2OC(=O)NCCn2ccnc2N)cc1. The van der Waals surface area contributed by atoms with Crippen molar-refractivity contribution in [1.29, 1.82) is 0 Å². The first-order valence-corrected chi connectivity index (χ1v) is 8.82. The summed E-state index contributed by atoms with van der Waals surface area (Å²) in [6.07, 6.45) is 2.02. The normalized spacial score (nSPS) is 21.8. The van der Waals surface area contributed by atoms with Crippen LogP contribution in [0.25, 0.3) is 0 Å². The molecular weight excluding hydrogens is 350 g/mol. The van der Waals surface area contributed by atoms with Crippen LogP contribution in [0.5, 0.6) is 5.75 Å². The summed E-state index contributed by atoms with van der Waals surface area (Å²) in [5, 5.41) is 16.0. The lowest BCUT2D eigenvalue weighted by Gasteiger charge is -2.22. The summed E-state index contributed by atoms with van der Waals surface area (Å²) >= 11 is 0. The zero-order chi connectivity index (χ0) is 19.2. The molecule has 1 aliphatic rings. The van der Waals surface area contributed by atoms with Crippen molar-refractivity contribution in [2.45, 2.75) is 31.2 Å². The smallest absolute Gasteiger partial charge is 0.407 e. The third-order valence-corrected chi connectivity index (χ3v) is 4.59. The summed E-state index contributed by atoms with van der Waals surface area (Å²) in [6, 6.07) is 7.51. The molecule has 0 saturated carbocycles. The van der Waals surface area contributed by atoms with Crippen LogP contribution in [0.1, 0.15) is 5.56 Å². The van der Waals surface area contributed by atoms with E-state index in [1.165, 1.54) is 0 Å². The Kier molecular flexibility index (Phi) is 6.15. The molecule has 0 bridgehead atoms. The van der Waals surface area contributed by atoms with Gasteiger partial charge in [-0.25, -0.2) is 9.78 Å². The average Bonchev–Trinajstić information content (AvgIpc) is 3.22. The fourth-order valence-corrected chi connectivity index (χ4v) is 3.11. The summed E-state index contributed by atoms with van der Waals surface area (Å²) in [5.74, 6) is 1.17. The predicted octanol–water partition coefficient (Wildman–Crippen LogP) is 0.144. The summed E-state index contributed by atoms with van der Waals surface area (Å²) in [6.45, 7) is 1.21. The van der Waals surface area contributed by atoms with Crippen LogP contribution in [-0.2, 0) is 17.7 Å². The van der Waals surface area contributed by atoms with Gasteiger partial charge in [0.1, 0.15) is 18.0 Å². The number of nitrogens with two attached hydrogens (primary N) is 1. The van der Waals surface area contributed by atoms with Crippen LogP contribution in [0.3, 0.4) is 0 Å². The van der Waals surface area contributed by atoms with E-state index in [1.54, 1.807) is 24.1 Å². The second-order valence-corrected chi connectivity index (χ2v) is 6.41. The molecule has 0 radical (unpaired) electrons. The number of nitrogens with zero attached hydrogens (tertiary/aromatic N) is 2. The Labute approximate surface area is 157 Å². The minimum atomic E-state index is -0.747. The highest BCUT2D eigenvalue weighted by Gasteiger charge is 2.37. The molecule has 1 unspecified atom stereocenters. The monoisotopic (exact) mass is 375 g/mol. The number of aliphatic hydroxyl groups is 1. The number of ether oxygens (including phenoxy) is 2. The number of alkyl carbamates (subject to hydrolysis) is 1. The molecule has 27 heavy (non-hydrogen) atoms. The van der Waals surface area contributed by atoms with Crippen molar-refractivity contribution in [3.05, 3.63) is 42.2 Å². The van der Waals surface area contributed by atoms with Crippen LogP contribution in [-0.4, -0.2) is 59.2 Å². The zero-order valence-electron chi connectivity index (χ0n) is 15.2. The molecule has 9 heteroatoms. The maximum absolute atomic E-state index is 12.1. The molecule has 146 valence electrons. The average molecular weight is 375 g/mol. The molecule has 0 aliphatic carbocycles. The number of nitrogen functional groups attached to an aromatic ring is 1. The van der Waals surface area contributed by atoms with Gasteiger partial charge in [0.15, 0.2) is 5.95 Å². The first kappa shape index (κ1) is 19.0. The van der Waals surface area contributed by atoms with Crippen molar-refractivity contribution in [3.63, 3.8) is 0 Å². The van der Waals surface area contributed by atoms with Gasteiger partial charge >= 0.3 is 6.09 Å². The van der Waals surface area contributed by atoms with Crippen molar-refractivity contribution < 1.29 is 19.4 Å². The lowest BCUT2D eigenvalue weighted by molar-refractivity contribution is 0.0189. The van der Waals surface area contributed by atoms with Crippen molar-refractivity contribution in [2.75, 3.05) is 25.9 Å². The number of aromatic nitrogens is 2.